The fraction of sp³-hybridized carbons (Fsp3) is 0.621. The van der Waals surface area contributed by atoms with Crippen molar-refractivity contribution in [2.45, 2.75) is 108 Å². The van der Waals surface area contributed by atoms with E-state index in [1.165, 1.54) is 6.07 Å². The van der Waals surface area contributed by atoms with Gasteiger partial charge in [-0.3, -0.25) is 9.69 Å². The Bertz CT molecular complexity index is 1280. The van der Waals surface area contributed by atoms with Crippen LogP contribution in [0.4, 0.5) is 21.7 Å². The number of fused-ring (bicyclic) bond motifs is 3. The molecule has 2 saturated carbocycles. The minimum absolute atomic E-state index is 0.0129. The Morgan fingerprint density at radius 3 is 2.61 bits per heavy atom. The van der Waals surface area contributed by atoms with E-state index in [1.54, 1.807) is 4.90 Å². The van der Waals surface area contributed by atoms with E-state index in [9.17, 15) is 4.79 Å². The zero-order valence-corrected chi connectivity index (χ0v) is 24.2. The van der Waals surface area contributed by atoms with Crippen LogP contribution in [0.25, 0.3) is 0 Å². The Labute approximate surface area is 225 Å². The van der Waals surface area contributed by atoms with Gasteiger partial charge in [0.1, 0.15) is 11.6 Å². The molecule has 6 rings (SSSR count). The molecular formula is C29H39FN4O3Si. The highest BCUT2D eigenvalue weighted by Gasteiger charge is 2.55. The summed E-state index contributed by atoms with van der Waals surface area (Å²) in [5, 5.41) is 3.69. The van der Waals surface area contributed by atoms with Crippen LogP contribution >= 0.6 is 0 Å². The summed E-state index contributed by atoms with van der Waals surface area (Å²) in [6.07, 6.45) is 7.40. The summed E-state index contributed by atoms with van der Waals surface area (Å²) in [7, 11) is -2.05. The van der Waals surface area contributed by atoms with Crippen LogP contribution in [-0.2, 0) is 27.7 Å². The van der Waals surface area contributed by atoms with Crippen LogP contribution in [0.1, 0.15) is 82.7 Å². The van der Waals surface area contributed by atoms with Crippen molar-refractivity contribution < 1.29 is 18.3 Å². The molecule has 7 nitrogen and oxygen atoms in total. The second kappa shape index (κ2) is 9.01. The Morgan fingerprint density at radius 2 is 1.92 bits per heavy atom. The van der Waals surface area contributed by atoms with E-state index >= 15 is 4.39 Å². The summed E-state index contributed by atoms with van der Waals surface area (Å²) in [6.45, 7) is 11.8. The van der Waals surface area contributed by atoms with Gasteiger partial charge in [-0.15, -0.1) is 0 Å². The molecule has 0 saturated heterocycles. The van der Waals surface area contributed by atoms with Gasteiger partial charge in [-0.25, -0.2) is 14.4 Å². The second-order valence-electron chi connectivity index (χ2n) is 13.0. The molecule has 1 amide bonds. The van der Waals surface area contributed by atoms with Gasteiger partial charge in [0.25, 0.3) is 0 Å². The highest BCUT2D eigenvalue weighted by Crippen LogP contribution is 2.55. The van der Waals surface area contributed by atoms with E-state index in [2.05, 4.69) is 39.2 Å². The van der Waals surface area contributed by atoms with Crippen LogP contribution < -0.4 is 15.0 Å². The molecule has 38 heavy (non-hydrogen) atoms. The number of benzene rings is 1. The number of rotatable bonds is 6. The van der Waals surface area contributed by atoms with E-state index in [0.717, 1.165) is 61.9 Å². The number of hydrogen-bond donors (Lipinski definition) is 1. The van der Waals surface area contributed by atoms with Crippen molar-refractivity contribution in [2.75, 3.05) is 16.8 Å². The lowest BCUT2D eigenvalue weighted by atomic mass is 9.70. The fourth-order valence-corrected chi connectivity index (χ4v) is 6.72. The lowest BCUT2D eigenvalue weighted by Gasteiger charge is -2.36. The molecule has 0 radical (unpaired) electrons. The molecular weight excluding hydrogens is 499 g/mol. The van der Waals surface area contributed by atoms with E-state index in [4.69, 9.17) is 19.1 Å². The van der Waals surface area contributed by atoms with E-state index < -0.39 is 19.5 Å². The first-order valence-corrected chi connectivity index (χ1v) is 17.0. The summed E-state index contributed by atoms with van der Waals surface area (Å²) in [6, 6.07) is 3.69. The second-order valence-corrected chi connectivity index (χ2v) is 17.8. The molecule has 0 atom stereocenters. The van der Waals surface area contributed by atoms with Crippen molar-refractivity contribution in [1.82, 2.24) is 9.97 Å². The first kappa shape index (κ1) is 25.7. The highest BCUT2D eigenvalue weighted by atomic mass is 28.4. The Kier molecular flexibility index (Phi) is 6.10. The van der Waals surface area contributed by atoms with Gasteiger partial charge < -0.3 is 14.5 Å². The van der Waals surface area contributed by atoms with Crippen LogP contribution in [0.2, 0.25) is 18.1 Å². The smallest absolute Gasteiger partial charge is 0.243 e. The maximum Gasteiger partial charge on any atom is 0.243 e. The molecule has 2 aliphatic heterocycles. The van der Waals surface area contributed by atoms with Crippen LogP contribution in [-0.4, -0.2) is 36.8 Å². The van der Waals surface area contributed by atoms with Gasteiger partial charge in [-0.05, 0) is 49.9 Å². The van der Waals surface area contributed by atoms with Gasteiger partial charge in [0, 0.05) is 24.1 Å². The Morgan fingerprint density at radius 1 is 1.18 bits per heavy atom. The number of amides is 1. The molecule has 1 aromatic carbocycles. The number of carbonyl (C=O) groups excluding carboxylic acids is 1. The molecule has 3 heterocycles. The van der Waals surface area contributed by atoms with Crippen LogP contribution in [0.3, 0.4) is 0 Å². The summed E-state index contributed by atoms with van der Waals surface area (Å²) in [5.41, 5.74) is 1.52. The molecule has 2 aliphatic carbocycles. The minimum Gasteiger partial charge on any atom is -0.490 e. The van der Waals surface area contributed by atoms with Crippen LogP contribution in [0, 0.1) is 5.82 Å². The van der Waals surface area contributed by atoms with E-state index in [0.29, 0.717) is 42.1 Å². The normalized spacial score (nSPS) is 20.5. The first-order valence-electron chi connectivity index (χ1n) is 14.1. The number of ether oxygens (including phenoxy) is 1. The van der Waals surface area contributed by atoms with Crippen LogP contribution in [0.5, 0.6) is 5.75 Å². The van der Waals surface area contributed by atoms with Crippen molar-refractivity contribution in [3.63, 3.8) is 0 Å². The van der Waals surface area contributed by atoms with Gasteiger partial charge >= 0.3 is 0 Å². The average Bonchev–Trinajstić information content (AvgIpc) is 3.48. The van der Waals surface area contributed by atoms with Gasteiger partial charge in [0.2, 0.25) is 5.91 Å². The molecule has 0 bridgehead atoms. The Hall–Kier alpha value is -2.52. The van der Waals surface area contributed by atoms with Crippen molar-refractivity contribution in [1.29, 1.82) is 0 Å². The molecule has 0 unspecified atom stereocenters. The topological polar surface area (TPSA) is 76.6 Å². The maximum atomic E-state index is 15.1. The molecule has 204 valence electrons. The molecule has 1 aromatic heterocycles. The predicted molar refractivity (Wildman–Crippen MR) is 148 cm³/mol. The van der Waals surface area contributed by atoms with Crippen LogP contribution in [0.15, 0.2) is 12.1 Å². The van der Waals surface area contributed by atoms with Crippen molar-refractivity contribution in [3.05, 3.63) is 34.9 Å². The first-order chi connectivity index (χ1) is 18.0. The number of anilines is 3. The zero-order valence-electron chi connectivity index (χ0n) is 23.2. The van der Waals surface area contributed by atoms with Gasteiger partial charge in [0.05, 0.1) is 29.9 Å². The fourth-order valence-electron chi connectivity index (χ4n) is 5.80. The summed E-state index contributed by atoms with van der Waals surface area (Å²) >= 11 is 0. The molecule has 1 spiro atoms. The monoisotopic (exact) mass is 538 g/mol. The number of nitrogens with one attached hydrogen (secondary N) is 1. The summed E-state index contributed by atoms with van der Waals surface area (Å²) in [4.78, 5) is 26.1. The highest BCUT2D eigenvalue weighted by molar-refractivity contribution is 6.74. The minimum atomic E-state index is -2.05. The SMILES string of the molecule is CC(C)(C)[Si](C)(C)OCc1nc(NC2CC2)c2c(n1)N(c1cc(F)c3c(c1)CCO3)C(=O)C21CCCCC1. The largest absolute Gasteiger partial charge is 0.490 e. The number of carbonyl (C=O) groups is 1. The van der Waals surface area contributed by atoms with Crippen molar-refractivity contribution >= 4 is 31.5 Å². The molecule has 9 heteroatoms. The predicted octanol–water partition coefficient (Wildman–Crippen LogP) is 6.53. The van der Waals surface area contributed by atoms with E-state index in [1.807, 2.05) is 6.07 Å². The van der Waals surface area contributed by atoms with Crippen molar-refractivity contribution in [2.24, 2.45) is 0 Å². The molecule has 2 fully saturated rings. The number of nitrogens with zero attached hydrogens (tertiary/aromatic N) is 3. The lowest BCUT2D eigenvalue weighted by Crippen LogP contribution is -2.40. The Balaban J connectivity index is 1.49. The number of hydrogen-bond acceptors (Lipinski definition) is 6. The standard InChI is InChI=1S/C29H39FN4O3Si/c1-28(2,3)38(4,5)37-17-22-32-25(31-19-9-10-19)23-26(33-22)34(27(35)29(23)12-7-6-8-13-29)20-15-18-11-14-36-24(18)21(30)16-20/h15-16,19H,6-14,17H2,1-5H3,(H,31,32,33). The van der Waals surface area contributed by atoms with Gasteiger partial charge in [-0.2, -0.15) is 0 Å². The maximum absolute atomic E-state index is 15.1. The summed E-state index contributed by atoms with van der Waals surface area (Å²) in [5.74, 6) is 1.76. The third-order valence-corrected chi connectivity index (χ3v) is 13.7. The third-order valence-electron chi connectivity index (χ3n) is 9.21. The average molecular weight is 539 g/mol. The molecule has 2 aromatic rings. The third kappa shape index (κ3) is 4.22. The number of aromatic nitrogens is 2. The summed E-state index contributed by atoms with van der Waals surface area (Å²) < 4.78 is 27.1. The molecule has 1 N–H and O–H groups in total. The zero-order chi connectivity index (χ0) is 26.9. The number of halogens is 1. The molecule has 4 aliphatic rings. The lowest BCUT2D eigenvalue weighted by molar-refractivity contribution is -0.123. The van der Waals surface area contributed by atoms with Crippen molar-refractivity contribution in [3.8, 4) is 5.75 Å². The van der Waals surface area contributed by atoms with Gasteiger partial charge in [-0.1, -0.05) is 40.0 Å². The van der Waals surface area contributed by atoms with Gasteiger partial charge in [0.15, 0.2) is 25.7 Å². The van der Waals surface area contributed by atoms with E-state index in [-0.39, 0.29) is 17.6 Å². The quantitative estimate of drug-likeness (QED) is 0.422.